The first-order valence-electron chi connectivity index (χ1n) is 10.2. The predicted octanol–water partition coefficient (Wildman–Crippen LogP) is 3.64. The molecule has 2 aromatic heterocycles. The highest BCUT2D eigenvalue weighted by molar-refractivity contribution is 5.96. The Morgan fingerprint density at radius 2 is 2.21 bits per heavy atom. The summed E-state index contributed by atoms with van der Waals surface area (Å²) >= 11 is 0. The number of benzene rings is 1. The summed E-state index contributed by atoms with van der Waals surface area (Å²) < 4.78 is 2.18. The maximum atomic E-state index is 10.1. The Bertz CT molecular complexity index is 957. The van der Waals surface area contributed by atoms with Crippen molar-refractivity contribution >= 4 is 10.9 Å². The van der Waals surface area contributed by atoms with Gasteiger partial charge in [0.15, 0.2) is 0 Å². The number of nitrogens with one attached hydrogen (secondary N) is 2. The Morgan fingerprint density at radius 3 is 3.04 bits per heavy atom. The van der Waals surface area contributed by atoms with Gasteiger partial charge in [0.1, 0.15) is 0 Å². The summed E-state index contributed by atoms with van der Waals surface area (Å²) in [5.41, 5.74) is 4.51. The number of fused-ring (bicyclic) bond motifs is 1. The highest BCUT2D eigenvalue weighted by atomic mass is 16.3. The summed E-state index contributed by atoms with van der Waals surface area (Å²) in [5, 5.41) is 18.3. The van der Waals surface area contributed by atoms with Crippen molar-refractivity contribution in [3.05, 3.63) is 54.5 Å². The minimum Gasteiger partial charge on any atom is -0.394 e. The van der Waals surface area contributed by atoms with Crippen LogP contribution in [0.15, 0.2) is 48.8 Å². The summed E-state index contributed by atoms with van der Waals surface area (Å²) in [6.07, 6.45) is 8.18. The van der Waals surface area contributed by atoms with Crippen LogP contribution in [0, 0.1) is 0 Å². The second-order valence-electron chi connectivity index (χ2n) is 8.02. The quantitative estimate of drug-likeness (QED) is 0.611. The first-order valence-corrected chi connectivity index (χ1v) is 10.2. The molecular formula is C23H32N4O. The van der Waals surface area contributed by atoms with Gasteiger partial charge in [-0.25, -0.2) is 0 Å². The van der Waals surface area contributed by atoms with Gasteiger partial charge in [0.25, 0.3) is 0 Å². The summed E-state index contributed by atoms with van der Waals surface area (Å²) in [5.74, 6) is 0. The van der Waals surface area contributed by atoms with E-state index in [1.165, 1.54) is 22.0 Å². The molecule has 0 aliphatic carbocycles. The van der Waals surface area contributed by atoms with E-state index in [0.29, 0.717) is 0 Å². The van der Waals surface area contributed by atoms with Crippen molar-refractivity contribution in [1.29, 1.82) is 0 Å². The summed E-state index contributed by atoms with van der Waals surface area (Å²) in [4.78, 5) is 4.69. The molecule has 0 radical (unpaired) electrons. The summed E-state index contributed by atoms with van der Waals surface area (Å²) in [6.45, 7) is 1.05. The smallest absolute Gasteiger partial charge is 0.0613 e. The van der Waals surface area contributed by atoms with Gasteiger partial charge in [-0.15, -0.1) is 0 Å². The fourth-order valence-electron chi connectivity index (χ4n) is 4.52. The van der Waals surface area contributed by atoms with Crippen LogP contribution >= 0.6 is 0 Å². The second-order valence-corrected chi connectivity index (χ2v) is 8.02. The lowest BCUT2D eigenvalue weighted by Gasteiger charge is -2.41. The molecule has 5 heteroatoms. The monoisotopic (exact) mass is 380 g/mol. The van der Waals surface area contributed by atoms with E-state index in [0.717, 1.165) is 37.9 Å². The Balaban J connectivity index is 0.00000240. The molecular weight excluding hydrogens is 348 g/mol. The van der Waals surface area contributed by atoms with Gasteiger partial charge in [0.2, 0.25) is 0 Å². The molecule has 150 valence electrons. The lowest BCUT2D eigenvalue weighted by atomic mass is 9.82. The first kappa shape index (κ1) is 19.1. The zero-order valence-corrected chi connectivity index (χ0v) is 16.8. The fourth-order valence-corrected chi connectivity index (χ4v) is 4.52. The third-order valence-electron chi connectivity index (χ3n) is 6.13. The van der Waals surface area contributed by atoms with Crippen molar-refractivity contribution in [3.8, 4) is 11.1 Å². The van der Waals surface area contributed by atoms with Crippen LogP contribution in [0.1, 0.15) is 38.8 Å². The molecule has 28 heavy (non-hydrogen) atoms. The molecule has 4 rings (SSSR count). The van der Waals surface area contributed by atoms with E-state index in [4.69, 9.17) is 0 Å². The lowest BCUT2D eigenvalue weighted by Crippen LogP contribution is -2.54. The van der Waals surface area contributed by atoms with Crippen LogP contribution in [0.5, 0.6) is 0 Å². The van der Waals surface area contributed by atoms with Crippen LogP contribution in [0.3, 0.4) is 0 Å². The molecule has 0 unspecified atom stereocenters. The minimum absolute atomic E-state index is 0. The number of pyridine rings is 1. The molecule has 3 heterocycles. The summed E-state index contributed by atoms with van der Waals surface area (Å²) in [7, 11) is 4.05. The van der Waals surface area contributed by atoms with Crippen molar-refractivity contribution in [2.75, 3.05) is 20.2 Å². The van der Waals surface area contributed by atoms with E-state index < -0.39 is 0 Å². The number of nitrogens with zero attached hydrogens (tertiary/aromatic N) is 2. The predicted molar refractivity (Wildman–Crippen MR) is 116 cm³/mol. The third kappa shape index (κ3) is 3.58. The fraction of sp³-hybridized carbons (Fsp3) is 0.435. The molecule has 3 aromatic rings. The molecule has 5 nitrogen and oxygen atoms in total. The van der Waals surface area contributed by atoms with Crippen LogP contribution in [-0.4, -0.2) is 40.4 Å². The molecule has 1 saturated heterocycles. The number of aliphatic hydroxyl groups excluding tert-OH is 1. The molecule has 0 amide bonds. The van der Waals surface area contributed by atoms with Gasteiger partial charge < -0.3 is 20.3 Å². The molecule has 1 aliphatic rings. The molecule has 1 aliphatic heterocycles. The SMILES string of the molecule is CNCC[C@]1(CO)CCC[C@H](c2cc(-c3cn(C)c4ccccc34)ccn2)N1.[HH]. The molecule has 0 bridgehead atoms. The number of rotatable bonds is 6. The van der Waals surface area contributed by atoms with Gasteiger partial charge in [-0.05, 0) is 63.0 Å². The zero-order chi connectivity index (χ0) is 19.6. The lowest BCUT2D eigenvalue weighted by molar-refractivity contribution is 0.101. The van der Waals surface area contributed by atoms with Gasteiger partial charge in [-0.2, -0.15) is 0 Å². The van der Waals surface area contributed by atoms with Gasteiger partial charge >= 0.3 is 0 Å². The Hall–Kier alpha value is -2.21. The van der Waals surface area contributed by atoms with E-state index in [-0.39, 0.29) is 19.6 Å². The topological polar surface area (TPSA) is 62.1 Å². The van der Waals surface area contributed by atoms with Gasteiger partial charge in [0.05, 0.1) is 12.3 Å². The number of aromatic nitrogens is 2. The zero-order valence-electron chi connectivity index (χ0n) is 16.8. The highest BCUT2D eigenvalue weighted by Gasteiger charge is 2.35. The molecule has 3 N–H and O–H groups in total. The van der Waals surface area contributed by atoms with Crippen LogP contribution in [-0.2, 0) is 7.05 Å². The average Bonchev–Trinajstić information content (AvgIpc) is 3.09. The van der Waals surface area contributed by atoms with Crippen molar-refractivity contribution in [3.63, 3.8) is 0 Å². The van der Waals surface area contributed by atoms with Crippen LogP contribution < -0.4 is 10.6 Å². The summed E-state index contributed by atoms with van der Waals surface area (Å²) in [6, 6.07) is 13.0. The molecule has 1 aromatic carbocycles. The van der Waals surface area contributed by atoms with Crippen LogP contribution in [0.4, 0.5) is 0 Å². The maximum absolute atomic E-state index is 10.1. The van der Waals surface area contributed by atoms with E-state index in [9.17, 15) is 5.11 Å². The Morgan fingerprint density at radius 1 is 1.36 bits per heavy atom. The maximum Gasteiger partial charge on any atom is 0.0613 e. The first-order chi connectivity index (χ1) is 13.7. The van der Waals surface area contributed by atoms with E-state index in [1.54, 1.807) is 0 Å². The van der Waals surface area contributed by atoms with E-state index in [2.05, 4.69) is 69.8 Å². The van der Waals surface area contributed by atoms with Gasteiger partial charge in [-0.1, -0.05) is 18.2 Å². The normalized spacial score (nSPS) is 22.6. The van der Waals surface area contributed by atoms with Crippen LogP contribution in [0.25, 0.3) is 22.0 Å². The van der Waals surface area contributed by atoms with Gasteiger partial charge in [-0.3, -0.25) is 4.98 Å². The van der Waals surface area contributed by atoms with E-state index in [1.807, 2.05) is 13.2 Å². The Kier molecular flexibility index (Phi) is 5.49. The van der Waals surface area contributed by atoms with E-state index >= 15 is 0 Å². The standard InChI is InChI=1S/C23H30N4O.H2/c1-24-13-11-23(16-28)10-5-7-20(26-23)21-14-17(9-12-25-21)19-15-27(2)22-8-4-3-6-18(19)22;/h3-4,6,8-9,12,14-15,20,24,26,28H,5,7,10-11,13,16H2,1-2H3;1H/t20-,23+;/m1./s1. The number of piperidine rings is 1. The van der Waals surface area contributed by atoms with Crippen molar-refractivity contribution < 1.29 is 6.53 Å². The minimum atomic E-state index is -0.219. The number of hydrogen-bond acceptors (Lipinski definition) is 4. The number of hydrogen-bond donors (Lipinski definition) is 3. The third-order valence-corrected chi connectivity index (χ3v) is 6.13. The average molecular weight is 381 g/mol. The number of aryl methyl sites for hydroxylation is 1. The van der Waals surface area contributed by atoms with Crippen molar-refractivity contribution in [1.82, 2.24) is 20.2 Å². The molecule has 2 atom stereocenters. The highest BCUT2D eigenvalue weighted by Crippen LogP contribution is 2.35. The number of para-hydroxylation sites is 1. The molecule has 0 saturated carbocycles. The molecule has 0 spiro atoms. The Labute approximate surface area is 168 Å². The largest absolute Gasteiger partial charge is 0.394 e. The van der Waals surface area contributed by atoms with Crippen molar-refractivity contribution in [2.45, 2.75) is 37.3 Å². The molecule has 1 fully saturated rings. The van der Waals surface area contributed by atoms with Gasteiger partial charge in [0, 0.05) is 48.9 Å². The second kappa shape index (κ2) is 8.03. The van der Waals surface area contributed by atoms with Crippen LogP contribution in [0.2, 0.25) is 0 Å². The van der Waals surface area contributed by atoms with Crippen molar-refractivity contribution in [2.24, 2.45) is 7.05 Å². The number of aliphatic hydroxyl groups is 1.